The number of rotatable bonds is 6. The van der Waals surface area contributed by atoms with Crippen LogP contribution in [0.2, 0.25) is 0 Å². The molecule has 0 aliphatic rings. The van der Waals surface area contributed by atoms with Crippen LogP contribution in [-0.4, -0.2) is 28.1 Å². The minimum atomic E-state index is -0.000707. The molecule has 2 aromatic rings. The second-order valence-corrected chi connectivity index (χ2v) is 4.82. The molecule has 0 radical (unpaired) electrons. The second kappa shape index (κ2) is 7.10. The van der Waals surface area contributed by atoms with E-state index in [1.807, 2.05) is 45.0 Å². The standard InChI is InChI=1S/C15H20N4O2/c1-11-4-6-14(7-5-11)16-17-15-12(2)18-19(13(15)3)10-21-9-8-20/h4-7,20H,8-10H2,1-3H3. The van der Waals surface area contributed by atoms with Gasteiger partial charge in [0.2, 0.25) is 0 Å². The van der Waals surface area contributed by atoms with Crippen LogP contribution < -0.4 is 0 Å². The first kappa shape index (κ1) is 15.3. The Bertz CT molecular complexity index is 617. The van der Waals surface area contributed by atoms with Gasteiger partial charge in [0.25, 0.3) is 0 Å². The third-order valence-electron chi connectivity index (χ3n) is 3.09. The first-order chi connectivity index (χ1) is 10.1. The van der Waals surface area contributed by atoms with Crippen molar-refractivity contribution in [3.63, 3.8) is 0 Å². The predicted molar refractivity (Wildman–Crippen MR) is 80.1 cm³/mol. The van der Waals surface area contributed by atoms with Gasteiger partial charge >= 0.3 is 0 Å². The molecule has 6 heteroatoms. The van der Waals surface area contributed by atoms with Gasteiger partial charge in [-0.3, -0.25) is 0 Å². The monoisotopic (exact) mass is 288 g/mol. The van der Waals surface area contributed by atoms with Crippen molar-refractivity contribution < 1.29 is 9.84 Å². The summed E-state index contributed by atoms with van der Waals surface area (Å²) in [7, 11) is 0. The number of aliphatic hydroxyl groups is 1. The number of ether oxygens (including phenoxy) is 1. The lowest BCUT2D eigenvalue weighted by atomic mass is 10.2. The Hall–Kier alpha value is -2.05. The molecule has 0 spiro atoms. The minimum absolute atomic E-state index is 0.000707. The van der Waals surface area contributed by atoms with Gasteiger partial charge in [-0.2, -0.15) is 10.2 Å². The van der Waals surface area contributed by atoms with Crippen LogP contribution in [0.25, 0.3) is 0 Å². The average Bonchev–Trinajstić information content (AvgIpc) is 2.74. The molecule has 0 bridgehead atoms. The smallest absolute Gasteiger partial charge is 0.139 e. The van der Waals surface area contributed by atoms with E-state index in [-0.39, 0.29) is 6.61 Å². The highest BCUT2D eigenvalue weighted by atomic mass is 16.5. The molecule has 0 amide bonds. The summed E-state index contributed by atoms with van der Waals surface area (Å²) in [5.74, 6) is 0. The molecule has 0 atom stereocenters. The Labute approximate surface area is 124 Å². The maximum atomic E-state index is 8.71. The molecule has 0 aliphatic carbocycles. The lowest BCUT2D eigenvalue weighted by Gasteiger charge is -2.04. The molecule has 2 rings (SSSR count). The fourth-order valence-corrected chi connectivity index (χ4v) is 1.89. The number of aromatic nitrogens is 2. The van der Waals surface area contributed by atoms with Crippen LogP contribution in [0, 0.1) is 20.8 Å². The number of benzene rings is 1. The van der Waals surface area contributed by atoms with E-state index in [0.29, 0.717) is 13.3 Å². The average molecular weight is 288 g/mol. The Balaban J connectivity index is 2.14. The number of aliphatic hydroxyl groups excluding tert-OH is 1. The summed E-state index contributed by atoms with van der Waals surface area (Å²) in [4.78, 5) is 0. The second-order valence-electron chi connectivity index (χ2n) is 4.82. The normalized spacial score (nSPS) is 11.4. The topological polar surface area (TPSA) is 72.0 Å². The zero-order valence-electron chi connectivity index (χ0n) is 12.6. The summed E-state index contributed by atoms with van der Waals surface area (Å²) in [6.07, 6.45) is 0. The molecular formula is C15H20N4O2. The van der Waals surface area contributed by atoms with Crippen molar-refractivity contribution in [1.29, 1.82) is 0 Å². The van der Waals surface area contributed by atoms with Crippen LogP contribution in [0.1, 0.15) is 17.0 Å². The molecule has 0 fully saturated rings. The van der Waals surface area contributed by atoms with E-state index >= 15 is 0 Å². The van der Waals surface area contributed by atoms with Gasteiger partial charge in [0.15, 0.2) is 0 Å². The largest absolute Gasteiger partial charge is 0.394 e. The molecule has 0 unspecified atom stereocenters. The SMILES string of the molecule is Cc1ccc(N=Nc2c(C)nn(COCCO)c2C)cc1. The number of hydrogen-bond donors (Lipinski definition) is 1. The number of hydrogen-bond acceptors (Lipinski definition) is 5. The molecule has 1 heterocycles. The molecule has 112 valence electrons. The van der Waals surface area contributed by atoms with E-state index < -0.39 is 0 Å². The minimum Gasteiger partial charge on any atom is -0.394 e. The molecule has 0 saturated heterocycles. The van der Waals surface area contributed by atoms with Crippen LogP contribution in [0.15, 0.2) is 34.5 Å². The molecule has 21 heavy (non-hydrogen) atoms. The van der Waals surface area contributed by atoms with Crippen molar-refractivity contribution in [2.24, 2.45) is 10.2 Å². The summed E-state index contributed by atoms with van der Waals surface area (Å²) in [6.45, 7) is 6.43. The van der Waals surface area contributed by atoms with Crippen LogP contribution in [0.4, 0.5) is 11.4 Å². The molecule has 1 N–H and O–H groups in total. The summed E-state index contributed by atoms with van der Waals surface area (Å²) < 4.78 is 6.99. The third kappa shape index (κ3) is 3.96. The molecule has 6 nitrogen and oxygen atoms in total. The third-order valence-corrected chi connectivity index (χ3v) is 3.09. The van der Waals surface area contributed by atoms with Crippen molar-refractivity contribution in [3.05, 3.63) is 41.2 Å². The Kier molecular flexibility index (Phi) is 5.19. The fraction of sp³-hybridized carbons (Fsp3) is 0.400. The Morgan fingerprint density at radius 3 is 2.52 bits per heavy atom. The van der Waals surface area contributed by atoms with Crippen LogP contribution >= 0.6 is 0 Å². The van der Waals surface area contributed by atoms with Gasteiger partial charge in [-0.25, -0.2) is 4.68 Å². The van der Waals surface area contributed by atoms with E-state index in [2.05, 4.69) is 15.3 Å². The maximum absolute atomic E-state index is 8.71. The van der Waals surface area contributed by atoms with E-state index in [4.69, 9.17) is 9.84 Å². The van der Waals surface area contributed by atoms with Crippen molar-refractivity contribution in [2.45, 2.75) is 27.5 Å². The van der Waals surface area contributed by atoms with Gasteiger partial charge in [0, 0.05) is 0 Å². The maximum Gasteiger partial charge on any atom is 0.139 e. The van der Waals surface area contributed by atoms with E-state index in [1.54, 1.807) is 4.68 Å². The van der Waals surface area contributed by atoms with E-state index in [9.17, 15) is 0 Å². The van der Waals surface area contributed by atoms with Crippen molar-refractivity contribution in [3.8, 4) is 0 Å². The fourth-order valence-electron chi connectivity index (χ4n) is 1.89. The van der Waals surface area contributed by atoms with Gasteiger partial charge in [-0.1, -0.05) is 17.7 Å². The van der Waals surface area contributed by atoms with Gasteiger partial charge in [-0.05, 0) is 32.9 Å². The lowest BCUT2D eigenvalue weighted by molar-refractivity contribution is 0.0407. The Morgan fingerprint density at radius 2 is 1.86 bits per heavy atom. The summed E-state index contributed by atoms with van der Waals surface area (Å²) in [5.41, 5.74) is 4.44. The Morgan fingerprint density at radius 1 is 1.14 bits per heavy atom. The van der Waals surface area contributed by atoms with E-state index in [0.717, 1.165) is 22.8 Å². The first-order valence-electron chi connectivity index (χ1n) is 6.83. The van der Waals surface area contributed by atoms with Crippen LogP contribution in [-0.2, 0) is 11.5 Å². The highest BCUT2D eigenvalue weighted by molar-refractivity contribution is 5.47. The van der Waals surface area contributed by atoms with Crippen LogP contribution in [0.3, 0.4) is 0 Å². The summed E-state index contributed by atoms with van der Waals surface area (Å²) in [5, 5.41) is 21.6. The van der Waals surface area contributed by atoms with E-state index in [1.165, 1.54) is 5.56 Å². The van der Waals surface area contributed by atoms with Gasteiger partial charge in [0.1, 0.15) is 12.4 Å². The number of aryl methyl sites for hydroxylation is 2. The number of azo groups is 1. The van der Waals surface area contributed by atoms with Crippen molar-refractivity contribution >= 4 is 11.4 Å². The summed E-state index contributed by atoms with van der Waals surface area (Å²) in [6, 6.07) is 7.86. The van der Waals surface area contributed by atoms with Gasteiger partial charge < -0.3 is 9.84 Å². The predicted octanol–water partition coefficient (Wildman–Crippen LogP) is 3.19. The highest BCUT2D eigenvalue weighted by Crippen LogP contribution is 2.25. The lowest BCUT2D eigenvalue weighted by Crippen LogP contribution is -2.08. The van der Waals surface area contributed by atoms with Crippen LogP contribution in [0.5, 0.6) is 0 Å². The quantitative estimate of drug-likeness (QED) is 0.655. The highest BCUT2D eigenvalue weighted by Gasteiger charge is 2.10. The van der Waals surface area contributed by atoms with Gasteiger partial charge in [0.05, 0.1) is 30.3 Å². The molecule has 1 aromatic heterocycles. The molecule has 1 aromatic carbocycles. The zero-order valence-corrected chi connectivity index (χ0v) is 12.6. The zero-order chi connectivity index (χ0) is 15.2. The molecular weight excluding hydrogens is 268 g/mol. The summed E-state index contributed by atoms with van der Waals surface area (Å²) >= 11 is 0. The number of nitrogens with zero attached hydrogens (tertiary/aromatic N) is 4. The first-order valence-corrected chi connectivity index (χ1v) is 6.83. The molecule has 0 aliphatic heterocycles. The van der Waals surface area contributed by atoms with Crippen molar-refractivity contribution in [1.82, 2.24) is 9.78 Å². The van der Waals surface area contributed by atoms with Crippen molar-refractivity contribution in [2.75, 3.05) is 13.2 Å². The van der Waals surface area contributed by atoms with Gasteiger partial charge in [-0.15, -0.1) is 5.11 Å². The molecule has 0 saturated carbocycles.